The van der Waals surface area contributed by atoms with E-state index in [9.17, 15) is 18.0 Å². The van der Waals surface area contributed by atoms with Crippen LogP contribution in [0.1, 0.15) is 45.6 Å². The number of rotatable bonds is 5. The molecular weight excluding hydrogens is 557 g/mol. The van der Waals surface area contributed by atoms with Gasteiger partial charge in [-0.25, -0.2) is 9.50 Å². The molecule has 3 aromatic heterocycles. The molecule has 0 saturated carbocycles. The Hall–Kier alpha value is -4.47. The van der Waals surface area contributed by atoms with Crippen molar-refractivity contribution in [2.75, 3.05) is 56.5 Å². The third-order valence-corrected chi connectivity index (χ3v) is 7.78. The van der Waals surface area contributed by atoms with Crippen molar-refractivity contribution in [1.82, 2.24) is 29.4 Å². The lowest BCUT2D eigenvalue weighted by Crippen LogP contribution is -2.44. The maximum atomic E-state index is 14.0. The van der Waals surface area contributed by atoms with Crippen LogP contribution < -0.4 is 10.2 Å². The van der Waals surface area contributed by atoms with Gasteiger partial charge in [-0.05, 0) is 61.7 Å². The molecule has 0 aliphatic carbocycles. The summed E-state index contributed by atoms with van der Waals surface area (Å²) in [6.07, 6.45) is 2.23. The van der Waals surface area contributed by atoms with Crippen LogP contribution >= 0.6 is 0 Å². The smallest absolute Gasteiger partial charge is 0.355 e. The van der Waals surface area contributed by atoms with Crippen molar-refractivity contribution in [3.63, 3.8) is 0 Å². The third-order valence-electron chi connectivity index (χ3n) is 7.78. The molecule has 0 bridgehead atoms. The van der Waals surface area contributed by atoms with Crippen LogP contribution in [0, 0.1) is 11.8 Å². The number of nitrogens with zero attached hydrogens (tertiary/aromatic N) is 7. The number of hydrogen-bond donors (Lipinski definition) is 1. The largest absolute Gasteiger partial charge is 0.416 e. The van der Waals surface area contributed by atoms with E-state index in [0.29, 0.717) is 30.0 Å². The van der Waals surface area contributed by atoms with E-state index in [1.54, 1.807) is 16.8 Å². The van der Waals surface area contributed by atoms with E-state index in [1.807, 2.05) is 24.1 Å². The number of nitrogens with one attached hydrogen (secondary N) is 1. The molecular formula is C31H31F3N8O. The number of halogens is 3. The number of benzene rings is 1. The first-order valence-electron chi connectivity index (χ1n) is 14.2. The summed E-state index contributed by atoms with van der Waals surface area (Å²) in [6.45, 7) is 5.15. The first-order chi connectivity index (χ1) is 20.7. The van der Waals surface area contributed by atoms with Crippen LogP contribution in [0.3, 0.4) is 0 Å². The minimum absolute atomic E-state index is 0.0570. The van der Waals surface area contributed by atoms with Gasteiger partial charge in [-0.15, -0.1) is 5.10 Å². The molecule has 0 spiro atoms. The molecule has 0 atom stereocenters. The van der Waals surface area contributed by atoms with E-state index in [4.69, 9.17) is 5.10 Å². The molecule has 2 fully saturated rings. The Balaban J connectivity index is 1.18. The fraction of sp³-hybridized carbons (Fsp3) is 0.355. The summed E-state index contributed by atoms with van der Waals surface area (Å²) >= 11 is 0. The number of alkyl halides is 3. The number of hydrogen-bond acceptors (Lipinski definition) is 7. The standard InChI is InChI=1S/C31H31F3N8O/c1-39-12-14-40(15-13-39)21-23-5-6-25(17-27(23)31(32,33)34)37-30(43)24-16-22(18-35-19-24)4-7-26-20-36-28-8-9-29(38-42(26)28)41-10-2-3-11-41/h5-6,8-9,16-20H,2-3,10-15,21H2,1H3,(H,37,43). The van der Waals surface area contributed by atoms with Crippen molar-refractivity contribution in [2.45, 2.75) is 25.6 Å². The van der Waals surface area contributed by atoms with E-state index in [1.165, 1.54) is 24.5 Å². The van der Waals surface area contributed by atoms with Gasteiger partial charge in [0.2, 0.25) is 0 Å². The lowest BCUT2D eigenvalue weighted by molar-refractivity contribution is -0.138. The van der Waals surface area contributed by atoms with Gasteiger partial charge in [0.05, 0.1) is 17.3 Å². The zero-order valence-corrected chi connectivity index (χ0v) is 23.7. The second kappa shape index (κ2) is 12.0. The highest BCUT2D eigenvalue weighted by atomic mass is 19.4. The van der Waals surface area contributed by atoms with E-state index in [2.05, 4.69) is 36.9 Å². The van der Waals surface area contributed by atoms with Crippen LogP contribution in [0.15, 0.2) is 55.0 Å². The summed E-state index contributed by atoms with van der Waals surface area (Å²) in [5, 5.41) is 7.29. The molecule has 5 heterocycles. The van der Waals surface area contributed by atoms with Crippen LogP contribution in [0.25, 0.3) is 5.65 Å². The molecule has 9 nitrogen and oxygen atoms in total. The Bertz CT molecular complexity index is 1690. The van der Waals surface area contributed by atoms with Gasteiger partial charge in [0.1, 0.15) is 11.5 Å². The lowest BCUT2D eigenvalue weighted by Gasteiger charge is -2.33. The van der Waals surface area contributed by atoms with Gasteiger partial charge in [-0.1, -0.05) is 12.0 Å². The summed E-state index contributed by atoms with van der Waals surface area (Å²) in [5.41, 5.74) is 1.39. The number of carbonyl (C=O) groups is 1. The maximum absolute atomic E-state index is 14.0. The summed E-state index contributed by atoms with van der Waals surface area (Å²) in [7, 11) is 2.00. The number of carbonyl (C=O) groups excluding carboxylic acids is 1. The number of likely N-dealkylation sites (N-methyl/N-ethyl adjacent to an activating group) is 1. The highest BCUT2D eigenvalue weighted by Gasteiger charge is 2.34. The quantitative estimate of drug-likeness (QED) is 0.351. The molecule has 1 amide bonds. The fourth-order valence-electron chi connectivity index (χ4n) is 5.34. The van der Waals surface area contributed by atoms with E-state index in [0.717, 1.165) is 50.9 Å². The van der Waals surface area contributed by atoms with Gasteiger partial charge < -0.3 is 15.1 Å². The normalized spacial score (nSPS) is 16.3. The maximum Gasteiger partial charge on any atom is 0.416 e. The molecule has 2 aliphatic heterocycles. The van der Waals surface area contributed by atoms with Gasteiger partial charge in [-0.2, -0.15) is 13.2 Å². The summed E-state index contributed by atoms with van der Waals surface area (Å²) in [4.78, 5) is 27.9. The van der Waals surface area contributed by atoms with Gasteiger partial charge in [0.25, 0.3) is 5.91 Å². The van der Waals surface area contributed by atoms with Crippen LogP contribution in [0.4, 0.5) is 24.7 Å². The molecule has 4 aromatic rings. The second-order valence-corrected chi connectivity index (χ2v) is 10.9. The molecule has 1 N–H and O–H groups in total. The second-order valence-electron chi connectivity index (χ2n) is 10.9. The molecule has 12 heteroatoms. The molecule has 6 rings (SSSR count). The predicted molar refractivity (Wildman–Crippen MR) is 157 cm³/mol. The van der Waals surface area contributed by atoms with Crippen molar-refractivity contribution in [3.05, 3.63) is 82.9 Å². The summed E-state index contributed by atoms with van der Waals surface area (Å²) in [6, 6.07) is 9.35. The zero-order chi connectivity index (χ0) is 30.0. The van der Waals surface area contributed by atoms with Crippen LogP contribution in [-0.2, 0) is 12.7 Å². The van der Waals surface area contributed by atoms with Crippen LogP contribution in [0.5, 0.6) is 0 Å². The Morgan fingerprint density at radius 1 is 0.953 bits per heavy atom. The van der Waals surface area contributed by atoms with Crippen LogP contribution in [-0.4, -0.2) is 81.6 Å². The number of anilines is 2. The van der Waals surface area contributed by atoms with Crippen molar-refractivity contribution in [3.8, 4) is 11.8 Å². The van der Waals surface area contributed by atoms with Gasteiger partial charge >= 0.3 is 6.18 Å². The third kappa shape index (κ3) is 6.63. The lowest BCUT2D eigenvalue weighted by atomic mass is 10.0. The number of pyridine rings is 1. The Kier molecular flexibility index (Phi) is 8.01. The van der Waals surface area contributed by atoms with Crippen molar-refractivity contribution in [2.24, 2.45) is 0 Å². The average Bonchev–Trinajstić information content (AvgIpc) is 3.68. The Labute approximate surface area is 247 Å². The first kappa shape index (κ1) is 28.6. The fourth-order valence-corrected chi connectivity index (χ4v) is 5.34. The van der Waals surface area contributed by atoms with Gasteiger partial charge in [0.15, 0.2) is 5.65 Å². The van der Waals surface area contributed by atoms with Gasteiger partial charge in [-0.3, -0.25) is 14.7 Å². The average molecular weight is 589 g/mol. The molecule has 43 heavy (non-hydrogen) atoms. The molecule has 0 unspecified atom stereocenters. The number of fused-ring (bicyclic) bond motifs is 1. The van der Waals surface area contributed by atoms with Crippen LogP contribution in [0.2, 0.25) is 0 Å². The van der Waals surface area contributed by atoms with E-state index in [-0.39, 0.29) is 23.4 Å². The number of imidazole rings is 1. The zero-order valence-electron chi connectivity index (χ0n) is 23.7. The minimum atomic E-state index is -4.55. The predicted octanol–water partition coefficient (Wildman–Crippen LogP) is 4.14. The highest BCUT2D eigenvalue weighted by molar-refractivity contribution is 6.04. The number of piperazine rings is 1. The van der Waals surface area contributed by atoms with Crippen molar-refractivity contribution < 1.29 is 18.0 Å². The number of aromatic nitrogens is 4. The Morgan fingerprint density at radius 2 is 1.74 bits per heavy atom. The Morgan fingerprint density at radius 3 is 2.51 bits per heavy atom. The molecule has 1 aromatic carbocycles. The molecule has 2 saturated heterocycles. The molecule has 2 aliphatic rings. The first-order valence-corrected chi connectivity index (χ1v) is 14.2. The van der Waals surface area contributed by atoms with Gasteiger partial charge in [0, 0.05) is 69.5 Å². The monoisotopic (exact) mass is 588 g/mol. The molecule has 222 valence electrons. The van der Waals surface area contributed by atoms with E-state index < -0.39 is 17.6 Å². The summed E-state index contributed by atoms with van der Waals surface area (Å²) in [5.74, 6) is 6.34. The summed E-state index contributed by atoms with van der Waals surface area (Å²) < 4.78 is 43.6. The minimum Gasteiger partial charge on any atom is -0.355 e. The van der Waals surface area contributed by atoms with Crippen molar-refractivity contribution in [1.29, 1.82) is 0 Å². The highest BCUT2D eigenvalue weighted by Crippen LogP contribution is 2.34. The molecule has 0 radical (unpaired) electrons. The van der Waals surface area contributed by atoms with E-state index >= 15 is 0 Å². The van der Waals surface area contributed by atoms with Crippen molar-refractivity contribution >= 4 is 23.1 Å². The SMILES string of the molecule is CN1CCN(Cc2ccc(NC(=O)c3cncc(C#Cc4cnc5ccc(N6CCCC6)nn45)c3)cc2C(F)(F)F)CC1. The number of amides is 1. The topological polar surface area (TPSA) is 81.9 Å².